The van der Waals surface area contributed by atoms with E-state index in [9.17, 15) is 0 Å². The average Bonchev–Trinajstić information content (AvgIpc) is 2.51. The summed E-state index contributed by atoms with van der Waals surface area (Å²) in [5, 5.41) is 0. The zero-order chi connectivity index (χ0) is 13.8. The van der Waals surface area contributed by atoms with Crippen LogP contribution in [-0.2, 0) is 4.74 Å². The highest BCUT2D eigenvalue weighted by atomic mass is 16.5. The smallest absolute Gasteiger partial charge is 0.263 e. The van der Waals surface area contributed by atoms with Gasteiger partial charge in [-0.3, -0.25) is 0 Å². The van der Waals surface area contributed by atoms with Gasteiger partial charge in [-0.25, -0.2) is 9.97 Å². The Balaban J connectivity index is 1.83. The summed E-state index contributed by atoms with van der Waals surface area (Å²) in [5.74, 6) is 1.93. The summed E-state index contributed by atoms with van der Waals surface area (Å²) in [6.45, 7) is 2.96. The Morgan fingerprint density at radius 2 is 1.75 bits per heavy atom. The van der Waals surface area contributed by atoms with Crippen LogP contribution in [0.4, 0.5) is 11.5 Å². The van der Waals surface area contributed by atoms with Crippen LogP contribution in [0, 0.1) is 0 Å². The van der Waals surface area contributed by atoms with Crippen molar-refractivity contribution in [3.05, 3.63) is 36.7 Å². The normalized spacial score (nSPS) is 15.1. The van der Waals surface area contributed by atoms with Crippen LogP contribution in [0.2, 0.25) is 0 Å². The van der Waals surface area contributed by atoms with E-state index in [1.807, 2.05) is 12.1 Å². The quantitative estimate of drug-likeness (QED) is 0.857. The van der Waals surface area contributed by atoms with Crippen LogP contribution in [0.25, 0.3) is 0 Å². The lowest BCUT2D eigenvalue weighted by Gasteiger charge is -2.28. The molecule has 104 valence electrons. The first-order chi connectivity index (χ1) is 9.83. The molecule has 1 aliphatic rings. The van der Waals surface area contributed by atoms with E-state index < -0.39 is 0 Å². The summed E-state index contributed by atoms with van der Waals surface area (Å²) >= 11 is 0. The molecule has 2 aromatic rings. The van der Waals surface area contributed by atoms with Gasteiger partial charge in [0, 0.05) is 31.2 Å². The number of hydrogen-bond donors (Lipinski definition) is 1. The second-order valence-corrected chi connectivity index (χ2v) is 4.46. The second kappa shape index (κ2) is 5.75. The fraction of sp³-hybridized carbons (Fsp3) is 0.286. The third kappa shape index (κ3) is 2.80. The van der Waals surface area contributed by atoms with Gasteiger partial charge in [0.05, 0.1) is 13.2 Å². The number of aromatic nitrogens is 2. The summed E-state index contributed by atoms with van der Waals surface area (Å²) in [6, 6.07) is 7.21. The maximum Gasteiger partial charge on any atom is 0.263 e. The first-order valence-electron chi connectivity index (χ1n) is 6.50. The summed E-state index contributed by atoms with van der Waals surface area (Å²) in [7, 11) is 0. The molecular weight excluding hydrogens is 256 g/mol. The standard InChI is InChI=1S/C14H16N4O2/c15-11-1-3-12(4-2-11)20-14-13(16-5-6-17-14)18-7-9-19-10-8-18/h1-6H,7-10,15H2. The van der Waals surface area contributed by atoms with Gasteiger partial charge in [0.1, 0.15) is 5.75 Å². The zero-order valence-electron chi connectivity index (χ0n) is 11.0. The Hall–Kier alpha value is -2.34. The highest BCUT2D eigenvalue weighted by Gasteiger charge is 2.18. The van der Waals surface area contributed by atoms with E-state index in [0.717, 1.165) is 18.9 Å². The molecule has 0 bridgehead atoms. The molecule has 1 aromatic carbocycles. The highest BCUT2D eigenvalue weighted by molar-refractivity contribution is 5.50. The van der Waals surface area contributed by atoms with Crippen LogP contribution in [0.5, 0.6) is 11.6 Å². The minimum absolute atomic E-state index is 0.499. The van der Waals surface area contributed by atoms with Gasteiger partial charge in [0.15, 0.2) is 5.82 Å². The maximum absolute atomic E-state index is 5.81. The Morgan fingerprint density at radius 1 is 1.05 bits per heavy atom. The minimum Gasteiger partial charge on any atom is -0.436 e. The van der Waals surface area contributed by atoms with Crippen molar-refractivity contribution in [1.29, 1.82) is 0 Å². The molecule has 6 heteroatoms. The number of hydrogen-bond acceptors (Lipinski definition) is 6. The lowest BCUT2D eigenvalue weighted by atomic mass is 10.3. The number of nitrogen functional groups attached to an aromatic ring is 1. The van der Waals surface area contributed by atoms with Crippen LogP contribution in [0.3, 0.4) is 0 Å². The van der Waals surface area contributed by atoms with E-state index in [1.54, 1.807) is 24.5 Å². The van der Waals surface area contributed by atoms with E-state index in [4.69, 9.17) is 15.2 Å². The lowest BCUT2D eigenvalue weighted by molar-refractivity contribution is 0.122. The molecule has 20 heavy (non-hydrogen) atoms. The molecule has 0 radical (unpaired) electrons. The van der Waals surface area contributed by atoms with Crippen LogP contribution >= 0.6 is 0 Å². The fourth-order valence-corrected chi connectivity index (χ4v) is 2.03. The highest BCUT2D eigenvalue weighted by Crippen LogP contribution is 2.28. The van der Waals surface area contributed by atoms with E-state index in [-0.39, 0.29) is 0 Å². The third-order valence-electron chi connectivity index (χ3n) is 3.05. The molecule has 0 saturated carbocycles. The number of ether oxygens (including phenoxy) is 2. The lowest BCUT2D eigenvalue weighted by Crippen LogP contribution is -2.37. The SMILES string of the molecule is Nc1ccc(Oc2nccnc2N2CCOCC2)cc1. The number of benzene rings is 1. The topological polar surface area (TPSA) is 73.5 Å². The molecule has 1 aliphatic heterocycles. The number of nitrogens with two attached hydrogens (primary N) is 1. The predicted molar refractivity (Wildman–Crippen MR) is 76.0 cm³/mol. The Bertz CT molecular complexity index is 568. The molecule has 2 heterocycles. The number of morpholine rings is 1. The van der Waals surface area contributed by atoms with Crippen molar-refractivity contribution < 1.29 is 9.47 Å². The monoisotopic (exact) mass is 272 g/mol. The van der Waals surface area contributed by atoms with Crippen LogP contribution in [0.1, 0.15) is 0 Å². The van der Waals surface area contributed by atoms with Crippen LogP contribution < -0.4 is 15.4 Å². The van der Waals surface area contributed by atoms with Gasteiger partial charge in [-0.2, -0.15) is 0 Å². The molecule has 0 unspecified atom stereocenters. The Morgan fingerprint density at radius 3 is 2.50 bits per heavy atom. The second-order valence-electron chi connectivity index (χ2n) is 4.46. The summed E-state index contributed by atoms with van der Waals surface area (Å²) in [4.78, 5) is 10.8. The fourth-order valence-electron chi connectivity index (χ4n) is 2.03. The van der Waals surface area contributed by atoms with Gasteiger partial charge < -0.3 is 20.1 Å². The summed E-state index contributed by atoms with van der Waals surface area (Å²) in [6.07, 6.45) is 3.29. The van der Waals surface area contributed by atoms with E-state index in [0.29, 0.717) is 30.5 Å². The Labute approximate surface area is 117 Å². The molecule has 1 fully saturated rings. The molecule has 1 aromatic heterocycles. The van der Waals surface area contributed by atoms with Crippen molar-refractivity contribution in [1.82, 2.24) is 9.97 Å². The largest absolute Gasteiger partial charge is 0.436 e. The third-order valence-corrected chi connectivity index (χ3v) is 3.05. The first-order valence-corrected chi connectivity index (χ1v) is 6.50. The predicted octanol–water partition coefficient (Wildman–Crippen LogP) is 1.69. The molecule has 1 saturated heterocycles. The molecule has 0 atom stereocenters. The summed E-state index contributed by atoms with van der Waals surface area (Å²) in [5.41, 5.74) is 6.36. The molecule has 0 spiro atoms. The average molecular weight is 272 g/mol. The van der Waals surface area contributed by atoms with Gasteiger partial charge in [-0.15, -0.1) is 0 Å². The van der Waals surface area contributed by atoms with Gasteiger partial charge in [0.2, 0.25) is 0 Å². The van der Waals surface area contributed by atoms with Crippen LogP contribution in [0.15, 0.2) is 36.7 Å². The van der Waals surface area contributed by atoms with Crippen LogP contribution in [-0.4, -0.2) is 36.3 Å². The number of nitrogens with zero attached hydrogens (tertiary/aromatic N) is 3. The maximum atomic E-state index is 5.81. The Kier molecular flexibility index (Phi) is 3.64. The van der Waals surface area contributed by atoms with Crippen molar-refractivity contribution in [3.8, 4) is 11.6 Å². The van der Waals surface area contributed by atoms with Crippen molar-refractivity contribution in [3.63, 3.8) is 0 Å². The van der Waals surface area contributed by atoms with E-state index >= 15 is 0 Å². The van der Waals surface area contributed by atoms with Gasteiger partial charge in [-0.1, -0.05) is 0 Å². The molecule has 3 rings (SSSR count). The zero-order valence-corrected chi connectivity index (χ0v) is 11.0. The van der Waals surface area contributed by atoms with E-state index in [1.165, 1.54) is 0 Å². The molecule has 6 nitrogen and oxygen atoms in total. The first kappa shape index (κ1) is 12.7. The molecule has 0 aliphatic carbocycles. The molecular formula is C14H16N4O2. The van der Waals surface area contributed by atoms with Crippen molar-refractivity contribution >= 4 is 11.5 Å². The number of anilines is 2. The molecule has 0 amide bonds. The van der Waals surface area contributed by atoms with Gasteiger partial charge >= 0.3 is 0 Å². The van der Waals surface area contributed by atoms with Crippen molar-refractivity contribution in [2.45, 2.75) is 0 Å². The minimum atomic E-state index is 0.499. The van der Waals surface area contributed by atoms with Crippen molar-refractivity contribution in [2.24, 2.45) is 0 Å². The number of rotatable bonds is 3. The summed E-state index contributed by atoms with van der Waals surface area (Å²) < 4.78 is 11.2. The van der Waals surface area contributed by atoms with Gasteiger partial charge in [0.25, 0.3) is 5.88 Å². The van der Waals surface area contributed by atoms with Gasteiger partial charge in [-0.05, 0) is 24.3 Å². The van der Waals surface area contributed by atoms with E-state index in [2.05, 4.69) is 14.9 Å². The van der Waals surface area contributed by atoms with Crippen molar-refractivity contribution in [2.75, 3.05) is 36.9 Å². The molecule has 2 N–H and O–H groups in total.